The lowest BCUT2D eigenvalue weighted by atomic mass is 9.94. The lowest BCUT2D eigenvalue weighted by Gasteiger charge is -2.22. The molecule has 16 heavy (non-hydrogen) atoms. The molecule has 0 aromatic carbocycles. The fourth-order valence-corrected chi connectivity index (χ4v) is 2.97. The highest BCUT2D eigenvalue weighted by molar-refractivity contribution is 5.76. The Bertz CT molecular complexity index is 227. The molecule has 2 N–H and O–H groups in total. The van der Waals surface area contributed by atoms with E-state index in [-0.39, 0.29) is 5.91 Å². The number of hydrogen-bond donors (Lipinski definition) is 2. The highest BCUT2D eigenvalue weighted by Crippen LogP contribution is 2.25. The van der Waals surface area contributed by atoms with Crippen LogP contribution in [0, 0.1) is 11.8 Å². The van der Waals surface area contributed by atoms with E-state index in [1.54, 1.807) is 0 Å². The number of carbonyl (C=O) groups excluding carboxylic acids is 1. The predicted molar refractivity (Wildman–Crippen MR) is 65.2 cm³/mol. The first-order valence-electron chi connectivity index (χ1n) is 6.74. The molecule has 2 fully saturated rings. The van der Waals surface area contributed by atoms with Crippen LogP contribution in [0.25, 0.3) is 0 Å². The van der Waals surface area contributed by atoms with E-state index in [0.717, 1.165) is 38.3 Å². The van der Waals surface area contributed by atoms with Gasteiger partial charge in [-0.15, -0.1) is 0 Å². The Labute approximate surface area is 98.4 Å². The summed E-state index contributed by atoms with van der Waals surface area (Å²) in [4.78, 5) is 11.8. The quantitative estimate of drug-likeness (QED) is 0.766. The van der Waals surface area contributed by atoms with Gasteiger partial charge in [-0.25, -0.2) is 0 Å². The predicted octanol–water partition coefficient (Wildman–Crippen LogP) is 1.68. The van der Waals surface area contributed by atoms with Crippen LogP contribution in [-0.2, 0) is 4.79 Å². The number of rotatable bonds is 3. The maximum absolute atomic E-state index is 11.8. The van der Waals surface area contributed by atoms with Crippen LogP contribution in [-0.4, -0.2) is 25.0 Å². The Balaban J connectivity index is 1.67. The van der Waals surface area contributed by atoms with Crippen molar-refractivity contribution in [3.05, 3.63) is 0 Å². The molecule has 1 amide bonds. The molecule has 1 saturated heterocycles. The zero-order valence-electron chi connectivity index (χ0n) is 10.3. The van der Waals surface area contributed by atoms with Crippen LogP contribution in [0.1, 0.15) is 45.4 Å². The summed E-state index contributed by atoms with van der Waals surface area (Å²) < 4.78 is 0. The molecule has 1 heterocycles. The fourth-order valence-electron chi connectivity index (χ4n) is 2.97. The van der Waals surface area contributed by atoms with Gasteiger partial charge < -0.3 is 10.6 Å². The van der Waals surface area contributed by atoms with Gasteiger partial charge in [-0.05, 0) is 57.0 Å². The Morgan fingerprint density at radius 3 is 2.62 bits per heavy atom. The van der Waals surface area contributed by atoms with Crippen molar-refractivity contribution in [3.8, 4) is 0 Å². The second kappa shape index (κ2) is 5.67. The fraction of sp³-hybridized carbons (Fsp3) is 0.923. The second-order valence-corrected chi connectivity index (χ2v) is 5.58. The van der Waals surface area contributed by atoms with E-state index in [0.29, 0.717) is 12.0 Å². The third-order valence-electron chi connectivity index (χ3n) is 3.99. The smallest absolute Gasteiger partial charge is 0.220 e. The van der Waals surface area contributed by atoms with Crippen molar-refractivity contribution in [3.63, 3.8) is 0 Å². The Morgan fingerprint density at radius 2 is 2.00 bits per heavy atom. The first-order valence-corrected chi connectivity index (χ1v) is 6.74. The maximum atomic E-state index is 11.8. The Morgan fingerprint density at radius 1 is 1.25 bits per heavy atom. The molecule has 2 rings (SSSR count). The third kappa shape index (κ3) is 3.48. The highest BCUT2D eigenvalue weighted by Gasteiger charge is 2.24. The zero-order chi connectivity index (χ0) is 11.4. The van der Waals surface area contributed by atoms with Crippen molar-refractivity contribution in [1.29, 1.82) is 0 Å². The molecule has 2 unspecified atom stereocenters. The molecule has 2 aliphatic rings. The summed E-state index contributed by atoms with van der Waals surface area (Å²) in [6.45, 7) is 4.44. The number of amides is 1. The summed E-state index contributed by atoms with van der Waals surface area (Å²) in [5, 5.41) is 6.53. The molecular formula is C13H24N2O. The molecule has 3 nitrogen and oxygen atoms in total. The van der Waals surface area contributed by atoms with Crippen LogP contribution in [0.3, 0.4) is 0 Å². The standard InChI is InChI=1S/C13H24N2O/c1-10-2-3-12(8-10)15-13(16)9-11-4-6-14-7-5-11/h10-12,14H,2-9H2,1H3,(H,15,16). The number of hydrogen-bond acceptors (Lipinski definition) is 2. The van der Waals surface area contributed by atoms with Gasteiger partial charge in [0.2, 0.25) is 5.91 Å². The number of nitrogens with one attached hydrogen (secondary N) is 2. The molecule has 92 valence electrons. The van der Waals surface area contributed by atoms with Gasteiger partial charge in [0.1, 0.15) is 0 Å². The molecule has 0 aromatic rings. The van der Waals surface area contributed by atoms with Gasteiger partial charge in [0.05, 0.1) is 0 Å². The lowest BCUT2D eigenvalue weighted by Crippen LogP contribution is -2.36. The van der Waals surface area contributed by atoms with Crippen molar-refractivity contribution in [2.45, 2.75) is 51.5 Å². The summed E-state index contributed by atoms with van der Waals surface area (Å²) in [6.07, 6.45) is 6.70. The van der Waals surface area contributed by atoms with Crippen molar-refractivity contribution < 1.29 is 4.79 Å². The number of carbonyl (C=O) groups is 1. The molecule has 1 aliphatic heterocycles. The average molecular weight is 224 g/mol. The van der Waals surface area contributed by atoms with Crippen LogP contribution in [0.5, 0.6) is 0 Å². The SMILES string of the molecule is CC1CCC(NC(=O)CC2CCNCC2)C1. The summed E-state index contributed by atoms with van der Waals surface area (Å²) in [6, 6.07) is 0.462. The van der Waals surface area contributed by atoms with Crippen LogP contribution in [0.2, 0.25) is 0 Å². The van der Waals surface area contributed by atoms with Crippen LogP contribution in [0.15, 0.2) is 0 Å². The van der Waals surface area contributed by atoms with E-state index in [2.05, 4.69) is 17.6 Å². The van der Waals surface area contributed by atoms with Gasteiger partial charge >= 0.3 is 0 Å². The Kier molecular flexibility index (Phi) is 4.22. The maximum Gasteiger partial charge on any atom is 0.220 e. The molecule has 3 heteroatoms. The minimum atomic E-state index is 0.283. The first kappa shape index (κ1) is 11.9. The largest absolute Gasteiger partial charge is 0.353 e. The minimum absolute atomic E-state index is 0.283. The van der Waals surface area contributed by atoms with Crippen molar-refractivity contribution >= 4 is 5.91 Å². The lowest BCUT2D eigenvalue weighted by molar-refractivity contribution is -0.122. The molecule has 1 aliphatic carbocycles. The normalized spacial score (nSPS) is 31.6. The van der Waals surface area contributed by atoms with Gasteiger partial charge in [0, 0.05) is 12.5 Å². The molecule has 0 bridgehead atoms. The average Bonchev–Trinajstić information content (AvgIpc) is 2.65. The molecule has 0 radical (unpaired) electrons. The van der Waals surface area contributed by atoms with Crippen LogP contribution >= 0.6 is 0 Å². The monoisotopic (exact) mass is 224 g/mol. The van der Waals surface area contributed by atoms with Crippen molar-refractivity contribution in [2.24, 2.45) is 11.8 Å². The van der Waals surface area contributed by atoms with E-state index >= 15 is 0 Å². The molecule has 2 atom stereocenters. The van der Waals surface area contributed by atoms with E-state index < -0.39 is 0 Å². The van der Waals surface area contributed by atoms with E-state index in [1.165, 1.54) is 19.3 Å². The second-order valence-electron chi connectivity index (χ2n) is 5.58. The van der Waals surface area contributed by atoms with E-state index in [4.69, 9.17) is 0 Å². The van der Waals surface area contributed by atoms with Gasteiger partial charge in [-0.3, -0.25) is 4.79 Å². The minimum Gasteiger partial charge on any atom is -0.353 e. The molecule has 1 saturated carbocycles. The topological polar surface area (TPSA) is 41.1 Å². The summed E-state index contributed by atoms with van der Waals surface area (Å²) >= 11 is 0. The molecular weight excluding hydrogens is 200 g/mol. The Hall–Kier alpha value is -0.570. The third-order valence-corrected chi connectivity index (χ3v) is 3.99. The summed E-state index contributed by atoms with van der Waals surface area (Å²) in [7, 11) is 0. The number of piperidine rings is 1. The summed E-state index contributed by atoms with van der Waals surface area (Å²) in [5.74, 6) is 1.69. The first-order chi connectivity index (χ1) is 7.74. The van der Waals surface area contributed by atoms with Crippen LogP contribution in [0.4, 0.5) is 0 Å². The van der Waals surface area contributed by atoms with Crippen LogP contribution < -0.4 is 10.6 Å². The van der Waals surface area contributed by atoms with E-state index in [9.17, 15) is 4.79 Å². The van der Waals surface area contributed by atoms with Gasteiger partial charge in [-0.1, -0.05) is 6.92 Å². The molecule has 0 aromatic heterocycles. The summed E-state index contributed by atoms with van der Waals surface area (Å²) in [5.41, 5.74) is 0. The van der Waals surface area contributed by atoms with Crippen molar-refractivity contribution in [1.82, 2.24) is 10.6 Å². The van der Waals surface area contributed by atoms with Gasteiger partial charge in [-0.2, -0.15) is 0 Å². The van der Waals surface area contributed by atoms with Gasteiger partial charge in [0.25, 0.3) is 0 Å². The van der Waals surface area contributed by atoms with Crippen molar-refractivity contribution in [2.75, 3.05) is 13.1 Å². The highest BCUT2D eigenvalue weighted by atomic mass is 16.1. The van der Waals surface area contributed by atoms with E-state index in [1.807, 2.05) is 0 Å². The zero-order valence-corrected chi connectivity index (χ0v) is 10.3. The molecule has 0 spiro atoms. The van der Waals surface area contributed by atoms with Gasteiger partial charge in [0.15, 0.2) is 0 Å².